The van der Waals surface area contributed by atoms with Gasteiger partial charge < -0.3 is 4.57 Å². The number of hydrogen-bond donors (Lipinski definition) is 0. The fraction of sp³-hybridized carbons (Fsp3) is 0.318. The Balaban J connectivity index is 1.76. The Kier molecular flexibility index (Phi) is 6.29. The van der Waals surface area contributed by atoms with E-state index in [0.717, 1.165) is 22.6 Å². The minimum absolute atomic E-state index is 0.0642. The van der Waals surface area contributed by atoms with Gasteiger partial charge in [0.05, 0.1) is 21.3 Å². The van der Waals surface area contributed by atoms with E-state index < -0.39 is 10.7 Å². The fourth-order valence-corrected chi connectivity index (χ4v) is 4.93. The van der Waals surface area contributed by atoms with Crippen molar-refractivity contribution in [3.05, 3.63) is 73.6 Å². The molecule has 5 nitrogen and oxygen atoms in total. The van der Waals surface area contributed by atoms with Crippen LogP contribution in [0.15, 0.2) is 52.8 Å². The fourth-order valence-electron chi connectivity index (χ4n) is 3.87. The molecule has 0 radical (unpaired) electrons. The maximum Gasteiger partial charge on any atom is 0.269 e. The third-order valence-corrected chi connectivity index (χ3v) is 6.64. The standard InChI is InChI=1S/C22H21ClFN3O2S/c23-19-11-8-17(12-20(19)24)25-22-26(13-15-4-2-1-3-5-15)21(14-30-22)16-6-9-18(10-7-16)27(28)29/h6-12,14-15H,1-5,13H2. The van der Waals surface area contributed by atoms with Gasteiger partial charge in [-0.1, -0.05) is 30.9 Å². The molecule has 30 heavy (non-hydrogen) atoms. The smallest absolute Gasteiger partial charge is 0.269 e. The van der Waals surface area contributed by atoms with Crippen molar-refractivity contribution < 1.29 is 9.31 Å². The number of aromatic nitrogens is 1. The van der Waals surface area contributed by atoms with E-state index in [9.17, 15) is 14.5 Å². The largest absolute Gasteiger partial charge is 0.316 e. The average Bonchev–Trinajstić information content (AvgIpc) is 3.13. The summed E-state index contributed by atoms with van der Waals surface area (Å²) in [5.74, 6) is 0.0648. The van der Waals surface area contributed by atoms with E-state index in [1.807, 2.05) is 5.38 Å². The van der Waals surface area contributed by atoms with Crippen molar-refractivity contribution in [2.45, 2.75) is 38.6 Å². The average molecular weight is 446 g/mol. The van der Waals surface area contributed by atoms with E-state index in [1.165, 1.54) is 67.7 Å². The molecule has 0 bridgehead atoms. The Bertz CT molecular complexity index is 1120. The first kappa shape index (κ1) is 20.8. The van der Waals surface area contributed by atoms with Crippen LogP contribution in [0, 0.1) is 21.8 Å². The molecule has 0 atom stereocenters. The number of nitro groups is 1. The monoisotopic (exact) mass is 445 g/mol. The third-order valence-electron chi connectivity index (χ3n) is 5.46. The summed E-state index contributed by atoms with van der Waals surface area (Å²) >= 11 is 7.28. The topological polar surface area (TPSA) is 60.4 Å². The minimum atomic E-state index is -0.496. The second-order valence-electron chi connectivity index (χ2n) is 7.53. The van der Waals surface area contributed by atoms with Gasteiger partial charge in [0.1, 0.15) is 5.82 Å². The van der Waals surface area contributed by atoms with Crippen molar-refractivity contribution >= 4 is 34.3 Å². The number of halogens is 2. The Hall–Kier alpha value is -2.51. The van der Waals surface area contributed by atoms with Gasteiger partial charge in [-0.15, -0.1) is 11.3 Å². The normalized spacial score (nSPS) is 15.5. The summed E-state index contributed by atoms with van der Waals surface area (Å²) in [6.07, 6.45) is 6.10. The molecule has 0 amide bonds. The third kappa shape index (κ3) is 4.63. The molecule has 3 aromatic rings. The predicted octanol–water partition coefficient (Wildman–Crippen LogP) is 6.73. The lowest BCUT2D eigenvalue weighted by atomic mass is 9.89. The maximum absolute atomic E-state index is 13.9. The van der Waals surface area contributed by atoms with Crippen molar-refractivity contribution in [3.8, 4) is 11.3 Å². The van der Waals surface area contributed by atoms with Crippen molar-refractivity contribution in [2.24, 2.45) is 10.9 Å². The molecule has 0 aliphatic heterocycles. The van der Waals surface area contributed by atoms with Crippen molar-refractivity contribution in [1.82, 2.24) is 4.57 Å². The summed E-state index contributed by atoms with van der Waals surface area (Å²) < 4.78 is 16.0. The van der Waals surface area contributed by atoms with Crippen LogP contribution in [0.25, 0.3) is 11.3 Å². The highest BCUT2D eigenvalue weighted by Crippen LogP contribution is 2.29. The Labute approximate surface area is 182 Å². The van der Waals surface area contributed by atoms with Crippen LogP contribution in [0.5, 0.6) is 0 Å². The Morgan fingerprint density at radius 2 is 1.90 bits per heavy atom. The second kappa shape index (κ2) is 9.10. The lowest BCUT2D eigenvalue weighted by Gasteiger charge is -2.23. The molecule has 1 fully saturated rings. The molecule has 1 aliphatic carbocycles. The number of thiazole rings is 1. The highest BCUT2D eigenvalue weighted by molar-refractivity contribution is 7.07. The molecule has 156 valence electrons. The highest BCUT2D eigenvalue weighted by Gasteiger charge is 2.18. The predicted molar refractivity (Wildman–Crippen MR) is 118 cm³/mol. The lowest BCUT2D eigenvalue weighted by Crippen LogP contribution is -2.22. The molecule has 0 unspecified atom stereocenters. The first-order valence-corrected chi connectivity index (χ1v) is 11.2. The first-order valence-electron chi connectivity index (χ1n) is 9.94. The summed E-state index contributed by atoms with van der Waals surface area (Å²) in [4.78, 5) is 16.0. The van der Waals surface area contributed by atoms with Crippen molar-refractivity contribution in [3.63, 3.8) is 0 Å². The van der Waals surface area contributed by atoms with Gasteiger partial charge in [-0.25, -0.2) is 9.38 Å². The Morgan fingerprint density at radius 1 is 1.17 bits per heavy atom. The van der Waals surface area contributed by atoms with E-state index >= 15 is 0 Å². The molecular weight excluding hydrogens is 425 g/mol. The van der Waals surface area contributed by atoms with Crippen LogP contribution in [-0.4, -0.2) is 9.49 Å². The molecule has 1 aliphatic rings. The molecule has 8 heteroatoms. The molecule has 4 rings (SSSR count). The molecule has 0 N–H and O–H groups in total. The molecular formula is C22H21ClFN3O2S. The van der Waals surface area contributed by atoms with Gasteiger partial charge in [-0.05, 0) is 48.6 Å². The second-order valence-corrected chi connectivity index (χ2v) is 8.78. The quantitative estimate of drug-likeness (QED) is 0.323. The lowest BCUT2D eigenvalue weighted by molar-refractivity contribution is -0.384. The maximum atomic E-state index is 13.9. The molecule has 2 aromatic carbocycles. The van der Waals surface area contributed by atoms with Gasteiger partial charge >= 0.3 is 0 Å². The zero-order chi connectivity index (χ0) is 21.1. The number of benzene rings is 2. The van der Waals surface area contributed by atoms with Crippen LogP contribution in [-0.2, 0) is 6.54 Å². The SMILES string of the molecule is O=[N+]([O-])c1ccc(-c2csc(=Nc3ccc(Cl)c(F)c3)n2CC2CCCCC2)cc1. The number of nitrogens with zero attached hydrogens (tertiary/aromatic N) is 3. The van der Waals surface area contributed by atoms with Crippen molar-refractivity contribution in [2.75, 3.05) is 0 Å². The number of nitro benzene ring substituents is 1. The number of rotatable bonds is 5. The highest BCUT2D eigenvalue weighted by atomic mass is 35.5. The van der Waals surface area contributed by atoms with Gasteiger partial charge in [-0.2, -0.15) is 0 Å². The van der Waals surface area contributed by atoms with E-state index in [0.29, 0.717) is 11.6 Å². The number of hydrogen-bond acceptors (Lipinski definition) is 4. The minimum Gasteiger partial charge on any atom is -0.316 e. The summed E-state index contributed by atoms with van der Waals surface area (Å²) in [6.45, 7) is 0.824. The van der Waals surface area contributed by atoms with Crippen LogP contribution in [0.3, 0.4) is 0 Å². The first-order chi connectivity index (χ1) is 14.5. The van der Waals surface area contributed by atoms with Gasteiger partial charge in [-0.3, -0.25) is 10.1 Å². The molecule has 0 spiro atoms. The van der Waals surface area contributed by atoms with Crippen molar-refractivity contribution in [1.29, 1.82) is 0 Å². The molecule has 0 saturated heterocycles. The van der Waals surface area contributed by atoms with E-state index in [2.05, 4.69) is 9.56 Å². The summed E-state index contributed by atoms with van der Waals surface area (Å²) in [5, 5.41) is 13.1. The van der Waals surface area contributed by atoms with Crippen LogP contribution >= 0.6 is 22.9 Å². The molecule has 1 saturated carbocycles. The van der Waals surface area contributed by atoms with Gasteiger partial charge in [0.15, 0.2) is 4.80 Å². The van der Waals surface area contributed by atoms with Gasteiger partial charge in [0.2, 0.25) is 0 Å². The Morgan fingerprint density at radius 3 is 2.57 bits per heavy atom. The number of non-ortho nitro benzene ring substituents is 1. The van der Waals surface area contributed by atoms with Crippen LogP contribution in [0.1, 0.15) is 32.1 Å². The van der Waals surface area contributed by atoms with E-state index in [4.69, 9.17) is 11.6 Å². The van der Waals surface area contributed by atoms with E-state index in [-0.39, 0.29) is 10.7 Å². The van der Waals surface area contributed by atoms with Gasteiger partial charge in [0.25, 0.3) is 5.69 Å². The zero-order valence-corrected chi connectivity index (χ0v) is 17.8. The van der Waals surface area contributed by atoms with E-state index in [1.54, 1.807) is 18.2 Å². The molecule has 1 aromatic heterocycles. The van der Waals surface area contributed by atoms with Crippen LogP contribution in [0.2, 0.25) is 5.02 Å². The molecule has 1 heterocycles. The van der Waals surface area contributed by atoms with Crippen LogP contribution < -0.4 is 4.80 Å². The zero-order valence-electron chi connectivity index (χ0n) is 16.3. The van der Waals surface area contributed by atoms with Crippen LogP contribution in [0.4, 0.5) is 15.8 Å². The summed E-state index contributed by atoms with van der Waals surface area (Å²) in [5.41, 5.74) is 2.44. The van der Waals surface area contributed by atoms with Gasteiger partial charge in [0, 0.05) is 30.1 Å². The summed E-state index contributed by atoms with van der Waals surface area (Å²) in [6, 6.07) is 11.1. The summed E-state index contributed by atoms with van der Waals surface area (Å²) in [7, 11) is 0.